The molecule has 3 heteroatoms. The van der Waals surface area contributed by atoms with Gasteiger partial charge in [-0.05, 0) is 49.4 Å². The fraction of sp³-hybridized carbons (Fsp3) is 0.385. The minimum Gasteiger partial charge on any atom is -0.384 e. The molecule has 0 bridgehead atoms. The number of fused-ring (bicyclic) bond motifs is 1. The molecule has 1 heterocycles. The molecule has 0 radical (unpaired) electrons. The first-order chi connectivity index (χ1) is 7.55. The predicted molar refractivity (Wildman–Crippen MR) is 69.9 cm³/mol. The van der Waals surface area contributed by atoms with Crippen LogP contribution in [0.4, 0.5) is 0 Å². The number of thiophene rings is 1. The lowest BCUT2D eigenvalue weighted by atomic mass is 9.89. The number of likely N-dealkylation sites (N-methyl/N-ethyl adjacent to an activating group) is 1. The van der Waals surface area contributed by atoms with Gasteiger partial charge in [0.2, 0.25) is 0 Å². The molecular weight excluding hydrogens is 218 g/mol. The highest BCUT2D eigenvalue weighted by Gasteiger charge is 2.29. The van der Waals surface area contributed by atoms with E-state index in [2.05, 4.69) is 28.9 Å². The van der Waals surface area contributed by atoms with Crippen molar-refractivity contribution in [3.05, 3.63) is 35.2 Å². The van der Waals surface area contributed by atoms with Gasteiger partial charge in [-0.25, -0.2) is 0 Å². The first-order valence-electron chi connectivity index (χ1n) is 5.43. The summed E-state index contributed by atoms with van der Waals surface area (Å²) in [6.45, 7) is 3.83. The molecule has 0 saturated carbocycles. The summed E-state index contributed by atoms with van der Waals surface area (Å²) in [7, 11) is 1.86. The minimum absolute atomic E-state index is 0.0184. The summed E-state index contributed by atoms with van der Waals surface area (Å²) in [5.41, 5.74) is 0.122. The van der Waals surface area contributed by atoms with Gasteiger partial charge in [0.25, 0.3) is 0 Å². The van der Waals surface area contributed by atoms with E-state index in [-0.39, 0.29) is 6.04 Å². The summed E-state index contributed by atoms with van der Waals surface area (Å²) < 4.78 is 1.22. The molecule has 0 fully saturated rings. The largest absolute Gasteiger partial charge is 0.384 e. The van der Waals surface area contributed by atoms with E-state index in [1.807, 2.05) is 27.0 Å². The highest BCUT2D eigenvalue weighted by atomic mass is 32.1. The Morgan fingerprint density at radius 1 is 1.38 bits per heavy atom. The number of aliphatic hydroxyl groups is 1. The van der Waals surface area contributed by atoms with Crippen molar-refractivity contribution in [1.82, 2.24) is 5.32 Å². The van der Waals surface area contributed by atoms with Gasteiger partial charge in [0.15, 0.2) is 0 Å². The van der Waals surface area contributed by atoms with Gasteiger partial charge in [0.05, 0.1) is 0 Å². The third kappa shape index (κ3) is 1.86. The topological polar surface area (TPSA) is 32.3 Å². The second-order valence-electron chi connectivity index (χ2n) is 4.33. The molecule has 2 aromatic rings. The van der Waals surface area contributed by atoms with Crippen molar-refractivity contribution in [2.45, 2.75) is 25.5 Å². The number of rotatable bonds is 3. The van der Waals surface area contributed by atoms with Crippen LogP contribution >= 0.6 is 11.3 Å². The fourth-order valence-corrected chi connectivity index (χ4v) is 2.63. The molecule has 2 rings (SSSR count). The lowest BCUT2D eigenvalue weighted by molar-refractivity contribution is 0.0243. The molecule has 0 aliphatic carbocycles. The van der Waals surface area contributed by atoms with E-state index in [9.17, 15) is 5.11 Å². The normalized spacial score (nSPS) is 17.2. The molecule has 1 aromatic heterocycles. The SMILES string of the molecule is CNC(C)C(C)(O)c1ccc2ccsc2c1. The van der Waals surface area contributed by atoms with Crippen LogP contribution in [0.25, 0.3) is 10.1 Å². The molecule has 2 nitrogen and oxygen atoms in total. The Morgan fingerprint density at radius 2 is 2.12 bits per heavy atom. The molecule has 2 unspecified atom stereocenters. The first kappa shape index (κ1) is 11.6. The Labute approximate surface area is 99.9 Å². The second-order valence-corrected chi connectivity index (χ2v) is 5.28. The lowest BCUT2D eigenvalue weighted by Gasteiger charge is -2.30. The van der Waals surface area contributed by atoms with Crippen molar-refractivity contribution >= 4 is 21.4 Å². The standard InChI is InChI=1S/C13H17NOS/c1-9(14-3)13(2,15)11-5-4-10-6-7-16-12(10)8-11/h4-9,14-15H,1-3H3. The third-order valence-corrected chi connectivity index (χ3v) is 4.20. The monoisotopic (exact) mass is 235 g/mol. The van der Waals surface area contributed by atoms with Crippen LogP contribution in [-0.4, -0.2) is 18.2 Å². The summed E-state index contributed by atoms with van der Waals surface area (Å²) in [6, 6.07) is 8.26. The summed E-state index contributed by atoms with van der Waals surface area (Å²) in [5, 5.41) is 16.9. The Kier molecular flexibility index (Phi) is 3.02. The molecule has 0 saturated heterocycles. The van der Waals surface area contributed by atoms with E-state index in [0.29, 0.717) is 0 Å². The smallest absolute Gasteiger partial charge is 0.102 e. The Morgan fingerprint density at radius 3 is 2.81 bits per heavy atom. The van der Waals surface area contributed by atoms with Gasteiger partial charge in [-0.2, -0.15) is 0 Å². The van der Waals surface area contributed by atoms with Crippen molar-refractivity contribution in [2.24, 2.45) is 0 Å². The maximum Gasteiger partial charge on any atom is 0.102 e. The van der Waals surface area contributed by atoms with E-state index >= 15 is 0 Å². The maximum absolute atomic E-state index is 10.5. The fourth-order valence-electron chi connectivity index (χ4n) is 1.80. The van der Waals surface area contributed by atoms with Crippen LogP contribution in [-0.2, 0) is 5.60 Å². The van der Waals surface area contributed by atoms with Crippen LogP contribution in [0.15, 0.2) is 29.6 Å². The van der Waals surface area contributed by atoms with E-state index in [4.69, 9.17) is 0 Å². The van der Waals surface area contributed by atoms with Gasteiger partial charge in [-0.15, -0.1) is 11.3 Å². The quantitative estimate of drug-likeness (QED) is 0.857. The van der Waals surface area contributed by atoms with Crippen molar-refractivity contribution in [3.8, 4) is 0 Å². The third-order valence-electron chi connectivity index (χ3n) is 3.32. The molecule has 0 aliphatic rings. The molecule has 16 heavy (non-hydrogen) atoms. The number of benzene rings is 1. The van der Waals surface area contributed by atoms with Crippen molar-refractivity contribution < 1.29 is 5.11 Å². The Balaban J connectivity index is 2.45. The van der Waals surface area contributed by atoms with Crippen LogP contribution in [0.5, 0.6) is 0 Å². The van der Waals surface area contributed by atoms with Gasteiger partial charge in [-0.3, -0.25) is 0 Å². The minimum atomic E-state index is -0.840. The van der Waals surface area contributed by atoms with E-state index < -0.39 is 5.60 Å². The van der Waals surface area contributed by atoms with Crippen LogP contribution < -0.4 is 5.32 Å². The highest BCUT2D eigenvalue weighted by Crippen LogP contribution is 2.29. The average Bonchev–Trinajstić information content (AvgIpc) is 2.74. The molecule has 0 aliphatic heterocycles. The van der Waals surface area contributed by atoms with Gasteiger partial charge in [-0.1, -0.05) is 12.1 Å². The Bertz CT molecular complexity index is 489. The lowest BCUT2D eigenvalue weighted by Crippen LogP contribution is -2.42. The van der Waals surface area contributed by atoms with Gasteiger partial charge in [0, 0.05) is 10.7 Å². The van der Waals surface area contributed by atoms with Crippen molar-refractivity contribution in [2.75, 3.05) is 7.05 Å². The zero-order valence-corrected chi connectivity index (χ0v) is 10.6. The maximum atomic E-state index is 10.5. The van der Waals surface area contributed by atoms with Crippen molar-refractivity contribution in [3.63, 3.8) is 0 Å². The predicted octanol–water partition coefficient (Wildman–Crippen LogP) is 2.72. The molecule has 1 aromatic carbocycles. The van der Waals surface area contributed by atoms with Crippen LogP contribution in [0.1, 0.15) is 19.4 Å². The van der Waals surface area contributed by atoms with Gasteiger partial charge in [0.1, 0.15) is 5.60 Å². The van der Waals surface area contributed by atoms with Crippen LogP contribution in [0.2, 0.25) is 0 Å². The second kappa shape index (κ2) is 4.17. The van der Waals surface area contributed by atoms with Crippen LogP contribution in [0.3, 0.4) is 0 Å². The Hall–Kier alpha value is -0.900. The zero-order valence-electron chi connectivity index (χ0n) is 9.82. The summed E-state index contributed by atoms with van der Waals surface area (Å²) in [5.74, 6) is 0. The van der Waals surface area contributed by atoms with E-state index in [1.54, 1.807) is 11.3 Å². The molecule has 2 atom stereocenters. The number of hydrogen-bond acceptors (Lipinski definition) is 3. The summed E-state index contributed by atoms with van der Waals surface area (Å²) >= 11 is 1.71. The van der Waals surface area contributed by atoms with Crippen molar-refractivity contribution in [1.29, 1.82) is 0 Å². The first-order valence-corrected chi connectivity index (χ1v) is 6.31. The molecule has 0 amide bonds. The zero-order chi connectivity index (χ0) is 11.8. The van der Waals surface area contributed by atoms with E-state index in [0.717, 1.165) is 5.56 Å². The summed E-state index contributed by atoms with van der Waals surface area (Å²) in [4.78, 5) is 0. The van der Waals surface area contributed by atoms with Gasteiger partial charge >= 0.3 is 0 Å². The van der Waals surface area contributed by atoms with Gasteiger partial charge < -0.3 is 10.4 Å². The molecule has 0 spiro atoms. The van der Waals surface area contributed by atoms with Crippen LogP contribution in [0, 0.1) is 0 Å². The highest BCUT2D eigenvalue weighted by molar-refractivity contribution is 7.17. The number of hydrogen-bond donors (Lipinski definition) is 2. The van der Waals surface area contributed by atoms with E-state index in [1.165, 1.54) is 10.1 Å². The molecule has 2 N–H and O–H groups in total. The average molecular weight is 235 g/mol. The molecular formula is C13H17NOS. The summed E-state index contributed by atoms with van der Waals surface area (Å²) in [6.07, 6.45) is 0. The molecule has 86 valence electrons. The number of nitrogens with one attached hydrogen (secondary N) is 1.